The van der Waals surface area contributed by atoms with E-state index in [2.05, 4.69) is 5.10 Å². The molecule has 0 spiro atoms. The maximum absolute atomic E-state index is 14.2. The average Bonchev–Trinajstić information content (AvgIpc) is 3.10. The van der Waals surface area contributed by atoms with Crippen molar-refractivity contribution >= 4 is 46.0 Å². The molecule has 0 aliphatic carbocycles. The lowest BCUT2D eigenvalue weighted by Gasteiger charge is -2.15. The van der Waals surface area contributed by atoms with Crippen LogP contribution in [0.25, 0.3) is 6.08 Å². The van der Waals surface area contributed by atoms with E-state index in [-0.39, 0.29) is 22.9 Å². The smallest absolute Gasteiger partial charge is 0.280 e. The molecule has 0 atom stereocenters. The van der Waals surface area contributed by atoms with Crippen molar-refractivity contribution in [3.63, 3.8) is 0 Å². The number of hydrogen-bond acceptors (Lipinski definition) is 3. The van der Waals surface area contributed by atoms with Gasteiger partial charge in [0.25, 0.3) is 5.91 Å². The molecular formula is C24H13F6IN2O2. The summed E-state index contributed by atoms with van der Waals surface area (Å²) in [5.74, 6) is -12.1. The Hall–Kier alpha value is -3.35. The van der Waals surface area contributed by atoms with Crippen LogP contribution in [0.1, 0.15) is 18.1 Å². The predicted molar refractivity (Wildman–Crippen MR) is 125 cm³/mol. The Morgan fingerprint density at radius 2 is 1.57 bits per heavy atom. The molecule has 0 radical (unpaired) electrons. The van der Waals surface area contributed by atoms with Crippen molar-refractivity contribution in [1.82, 2.24) is 0 Å². The maximum atomic E-state index is 14.2. The zero-order valence-corrected chi connectivity index (χ0v) is 19.8. The topological polar surface area (TPSA) is 41.9 Å². The Labute approximate surface area is 208 Å². The minimum Gasteiger partial charge on any atom is -0.488 e. The van der Waals surface area contributed by atoms with E-state index in [0.29, 0.717) is 20.4 Å². The maximum Gasteiger partial charge on any atom is 0.280 e. The summed E-state index contributed by atoms with van der Waals surface area (Å²) < 4.78 is 89.0. The Morgan fingerprint density at radius 3 is 2.20 bits per heavy atom. The summed E-state index contributed by atoms with van der Waals surface area (Å²) in [6.45, 7) is 1.34. The molecular weight excluding hydrogens is 589 g/mol. The van der Waals surface area contributed by atoms with Gasteiger partial charge in [0, 0.05) is 5.56 Å². The zero-order chi connectivity index (χ0) is 25.4. The molecule has 4 nitrogen and oxygen atoms in total. The number of anilines is 1. The number of nitrogens with zero attached hydrogens (tertiary/aromatic N) is 2. The van der Waals surface area contributed by atoms with Gasteiger partial charge in [0.05, 0.1) is 14.9 Å². The van der Waals surface area contributed by atoms with Crippen LogP contribution in [0.15, 0.2) is 53.1 Å². The van der Waals surface area contributed by atoms with Crippen LogP contribution in [-0.4, -0.2) is 11.6 Å². The molecule has 1 aliphatic rings. The SMILES string of the molecule is CC1=NN(c2c(F)c(F)c(F)c(F)c2F)C(=O)/C1=C/c1ccc(OCc2ccccc2F)c(I)c1. The summed E-state index contributed by atoms with van der Waals surface area (Å²) in [5.41, 5.74) is -0.713. The lowest BCUT2D eigenvalue weighted by molar-refractivity contribution is -0.114. The van der Waals surface area contributed by atoms with Crippen molar-refractivity contribution < 1.29 is 35.9 Å². The molecule has 180 valence electrons. The van der Waals surface area contributed by atoms with E-state index < -0.39 is 46.5 Å². The Kier molecular flexibility index (Phi) is 6.88. The molecule has 0 unspecified atom stereocenters. The number of hydrazone groups is 1. The number of carbonyl (C=O) groups excluding carboxylic acids is 1. The van der Waals surface area contributed by atoms with Crippen molar-refractivity contribution in [2.45, 2.75) is 13.5 Å². The van der Waals surface area contributed by atoms with Gasteiger partial charge < -0.3 is 4.74 Å². The summed E-state index contributed by atoms with van der Waals surface area (Å²) >= 11 is 1.98. The highest BCUT2D eigenvalue weighted by molar-refractivity contribution is 14.1. The summed E-state index contributed by atoms with van der Waals surface area (Å²) in [4.78, 5) is 12.8. The van der Waals surface area contributed by atoms with Gasteiger partial charge >= 0.3 is 0 Å². The van der Waals surface area contributed by atoms with E-state index in [1.165, 1.54) is 19.1 Å². The van der Waals surface area contributed by atoms with E-state index in [0.717, 1.165) is 0 Å². The second-order valence-electron chi connectivity index (χ2n) is 7.35. The van der Waals surface area contributed by atoms with Gasteiger partial charge in [-0.1, -0.05) is 24.3 Å². The molecule has 0 aromatic heterocycles. The molecule has 1 heterocycles. The van der Waals surface area contributed by atoms with Gasteiger partial charge in [0.1, 0.15) is 23.9 Å². The first kappa shape index (κ1) is 24.8. The fourth-order valence-electron chi connectivity index (χ4n) is 3.28. The van der Waals surface area contributed by atoms with Crippen LogP contribution in [0.4, 0.5) is 32.0 Å². The van der Waals surface area contributed by atoms with Gasteiger partial charge in [-0.25, -0.2) is 26.3 Å². The highest BCUT2D eigenvalue weighted by Crippen LogP contribution is 2.34. The monoisotopic (exact) mass is 602 g/mol. The van der Waals surface area contributed by atoms with Crippen LogP contribution < -0.4 is 9.75 Å². The van der Waals surface area contributed by atoms with E-state index in [4.69, 9.17) is 4.74 Å². The van der Waals surface area contributed by atoms with Gasteiger partial charge in [-0.05, 0) is 59.4 Å². The molecule has 0 bridgehead atoms. The van der Waals surface area contributed by atoms with Crippen LogP contribution in [0, 0.1) is 38.5 Å². The number of amides is 1. The van der Waals surface area contributed by atoms with Gasteiger partial charge in [-0.2, -0.15) is 10.1 Å². The number of hydrogen-bond donors (Lipinski definition) is 0. The third-order valence-electron chi connectivity index (χ3n) is 5.07. The van der Waals surface area contributed by atoms with Gasteiger partial charge in [-0.15, -0.1) is 0 Å². The Balaban J connectivity index is 1.60. The first-order chi connectivity index (χ1) is 16.6. The van der Waals surface area contributed by atoms with E-state index in [9.17, 15) is 31.1 Å². The standard InChI is InChI=1S/C24H13F6IN2O2/c1-11-14(24(34)33(32-11)23-21(29)19(27)18(26)20(28)22(23)30)8-12-6-7-17(16(31)9-12)35-10-13-4-2-3-5-15(13)25/h2-9H,10H2,1H3/b14-8+. The molecule has 3 aromatic carbocycles. The van der Waals surface area contributed by atoms with Gasteiger partial charge in [0.15, 0.2) is 23.3 Å². The molecule has 4 rings (SSSR count). The molecule has 35 heavy (non-hydrogen) atoms. The van der Waals surface area contributed by atoms with Crippen molar-refractivity contribution in [3.8, 4) is 5.75 Å². The van der Waals surface area contributed by atoms with E-state index in [1.807, 2.05) is 22.6 Å². The average molecular weight is 602 g/mol. The van der Waals surface area contributed by atoms with Crippen molar-refractivity contribution in [1.29, 1.82) is 0 Å². The van der Waals surface area contributed by atoms with Gasteiger partial charge in [-0.3, -0.25) is 4.79 Å². The molecule has 0 fully saturated rings. The number of halogens is 7. The Morgan fingerprint density at radius 1 is 0.943 bits per heavy atom. The van der Waals surface area contributed by atoms with Crippen molar-refractivity contribution in [2.24, 2.45) is 5.10 Å². The highest BCUT2D eigenvalue weighted by atomic mass is 127. The molecule has 3 aromatic rings. The number of benzene rings is 3. The van der Waals surface area contributed by atoms with Gasteiger partial charge in [0.2, 0.25) is 5.82 Å². The Bertz CT molecular complexity index is 1390. The van der Waals surface area contributed by atoms with E-state index in [1.54, 1.807) is 36.4 Å². The molecule has 0 saturated carbocycles. The van der Waals surface area contributed by atoms with Crippen LogP contribution in [0.5, 0.6) is 5.75 Å². The van der Waals surface area contributed by atoms with Crippen LogP contribution in [-0.2, 0) is 11.4 Å². The second kappa shape index (κ2) is 9.72. The number of rotatable bonds is 5. The number of ether oxygens (including phenoxy) is 1. The third kappa shape index (κ3) is 4.64. The summed E-state index contributed by atoms with van der Waals surface area (Å²) in [6, 6.07) is 10.9. The van der Waals surface area contributed by atoms with Crippen molar-refractivity contribution in [2.75, 3.05) is 5.01 Å². The summed E-state index contributed by atoms with van der Waals surface area (Å²) in [5, 5.41) is 3.84. The third-order valence-corrected chi connectivity index (χ3v) is 5.91. The second-order valence-corrected chi connectivity index (χ2v) is 8.51. The number of carbonyl (C=O) groups is 1. The molecule has 11 heteroatoms. The molecule has 0 N–H and O–H groups in total. The summed E-state index contributed by atoms with van der Waals surface area (Å²) in [6.07, 6.45) is 1.36. The van der Waals surface area contributed by atoms with Crippen LogP contribution >= 0.6 is 22.6 Å². The van der Waals surface area contributed by atoms with E-state index >= 15 is 0 Å². The largest absolute Gasteiger partial charge is 0.488 e. The molecule has 1 aliphatic heterocycles. The normalized spacial score (nSPS) is 14.6. The van der Waals surface area contributed by atoms with Crippen LogP contribution in [0.2, 0.25) is 0 Å². The first-order valence-electron chi connectivity index (χ1n) is 9.89. The first-order valence-corrected chi connectivity index (χ1v) is 11.0. The van der Waals surface area contributed by atoms with Crippen molar-refractivity contribution in [3.05, 3.63) is 97.6 Å². The summed E-state index contributed by atoms with van der Waals surface area (Å²) in [7, 11) is 0. The highest BCUT2D eigenvalue weighted by Gasteiger charge is 2.37. The molecule has 0 saturated heterocycles. The molecule has 1 amide bonds. The zero-order valence-electron chi connectivity index (χ0n) is 17.7. The quantitative estimate of drug-likeness (QED) is 0.110. The lowest BCUT2D eigenvalue weighted by Crippen LogP contribution is -2.25. The van der Waals surface area contributed by atoms with Crippen LogP contribution in [0.3, 0.4) is 0 Å². The minimum absolute atomic E-state index is 0.00817. The minimum atomic E-state index is -2.33. The fraction of sp³-hybridized carbons (Fsp3) is 0.0833. The predicted octanol–water partition coefficient (Wildman–Crippen LogP) is 6.51. The fourth-order valence-corrected chi connectivity index (χ4v) is 3.97. The lowest BCUT2D eigenvalue weighted by atomic mass is 10.1.